The minimum atomic E-state index is -0.652. The highest BCUT2D eigenvalue weighted by atomic mass is 16.5. The molecule has 0 radical (unpaired) electrons. The predicted molar refractivity (Wildman–Crippen MR) is 66.6 cm³/mol. The second-order valence-corrected chi connectivity index (χ2v) is 3.14. The number of hydrogen-bond acceptors (Lipinski definition) is 5. The molecule has 0 atom stereocenters. The van der Waals surface area contributed by atoms with Crippen LogP contribution in [0.1, 0.15) is 0 Å². The van der Waals surface area contributed by atoms with E-state index < -0.39 is 17.3 Å². The normalized spacial score (nSPS) is 24.6. The molecule has 1 aliphatic rings. The minimum absolute atomic E-state index is 0.298. The first kappa shape index (κ1) is 13.5. The van der Waals surface area contributed by atoms with Gasteiger partial charge in [-0.3, -0.25) is 0 Å². The molecule has 96 valence electrons. The summed E-state index contributed by atoms with van der Waals surface area (Å²) in [4.78, 5) is 0. The van der Waals surface area contributed by atoms with Crippen LogP contribution in [0, 0.1) is 0 Å². The third kappa shape index (κ3) is 4.98. The second-order valence-electron chi connectivity index (χ2n) is 3.14. The van der Waals surface area contributed by atoms with E-state index in [0.29, 0.717) is 6.61 Å². The maximum Gasteiger partial charge on any atom is 0.200 e. The molecule has 0 unspecified atom stereocenters. The Kier molecular flexibility index (Phi) is 5.76. The van der Waals surface area contributed by atoms with Crippen molar-refractivity contribution in [1.29, 1.82) is 0 Å². The van der Waals surface area contributed by atoms with E-state index in [1.165, 1.54) is 30.9 Å². The van der Waals surface area contributed by atoms with Gasteiger partial charge in [0.2, 0.25) is 0 Å². The number of hydrogen-bond donors (Lipinski definition) is 3. The van der Waals surface area contributed by atoms with Crippen LogP contribution in [0.15, 0.2) is 72.5 Å². The van der Waals surface area contributed by atoms with Crippen LogP contribution in [0.25, 0.3) is 0 Å². The summed E-state index contributed by atoms with van der Waals surface area (Å²) in [5, 5.41) is 28.2. The molecule has 0 amide bonds. The fourth-order valence-corrected chi connectivity index (χ4v) is 0.959. The lowest BCUT2D eigenvalue weighted by Gasteiger charge is -1.99. The minimum Gasteiger partial charge on any atom is -0.504 e. The van der Waals surface area contributed by atoms with Crippen LogP contribution in [0.2, 0.25) is 0 Å². The Bertz CT molecular complexity index is 438. The molecule has 5 nitrogen and oxygen atoms in total. The lowest BCUT2D eigenvalue weighted by molar-refractivity contribution is 0.277. The molecule has 1 heterocycles. The third-order valence-corrected chi connectivity index (χ3v) is 1.82. The van der Waals surface area contributed by atoms with Crippen LogP contribution in [-0.2, 0) is 9.47 Å². The monoisotopic (exact) mass is 250 g/mol. The summed E-state index contributed by atoms with van der Waals surface area (Å²) in [6, 6.07) is 0. The maximum atomic E-state index is 9.41. The maximum absolute atomic E-state index is 9.41. The van der Waals surface area contributed by atoms with E-state index >= 15 is 0 Å². The first-order valence-corrected chi connectivity index (χ1v) is 5.15. The zero-order valence-electron chi connectivity index (χ0n) is 9.56. The largest absolute Gasteiger partial charge is 0.504 e. The lowest BCUT2D eigenvalue weighted by atomic mass is 10.3. The van der Waals surface area contributed by atoms with Gasteiger partial charge in [0.1, 0.15) is 6.61 Å². The van der Waals surface area contributed by atoms with E-state index in [-0.39, 0.29) is 0 Å². The summed E-state index contributed by atoms with van der Waals surface area (Å²) in [5.74, 6) is -1.65. The lowest BCUT2D eigenvalue weighted by Crippen LogP contribution is -1.92. The zero-order valence-corrected chi connectivity index (χ0v) is 9.56. The standard InChI is InChI=1S/C13H14O5/c14-11-5-4-9-17-7-2-1-3-8-18-10-6-12(15)13(11)16/h1-7,9-10,14-16H,8H2/b3-1+,7-2-,9-4-,10-6+,11-5?,13-12?. The first-order chi connectivity index (χ1) is 8.72. The van der Waals surface area contributed by atoms with Gasteiger partial charge in [0.25, 0.3) is 0 Å². The fourth-order valence-electron chi connectivity index (χ4n) is 0.959. The van der Waals surface area contributed by atoms with E-state index in [9.17, 15) is 15.3 Å². The third-order valence-electron chi connectivity index (χ3n) is 1.82. The number of aliphatic hydroxyl groups is 3. The molecule has 0 aromatic carbocycles. The van der Waals surface area contributed by atoms with Gasteiger partial charge in [-0.2, -0.15) is 0 Å². The van der Waals surface area contributed by atoms with E-state index in [1.54, 1.807) is 18.2 Å². The molecule has 0 fully saturated rings. The molecule has 0 bridgehead atoms. The molecule has 1 rings (SSSR count). The van der Waals surface area contributed by atoms with Gasteiger partial charge in [-0.1, -0.05) is 6.08 Å². The van der Waals surface area contributed by atoms with Crippen LogP contribution in [0.3, 0.4) is 0 Å². The van der Waals surface area contributed by atoms with Crippen molar-refractivity contribution in [2.24, 2.45) is 0 Å². The highest BCUT2D eigenvalue weighted by molar-refractivity contribution is 5.28. The van der Waals surface area contributed by atoms with Gasteiger partial charge in [-0.15, -0.1) is 0 Å². The summed E-state index contributed by atoms with van der Waals surface area (Å²) in [6.07, 6.45) is 12.7. The molecule has 0 aromatic rings. The van der Waals surface area contributed by atoms with Crippen molar-refractivity contribution in [3.05, 3.63) is 72.5 Å². The highest BCUT2D eigenvalue weighted by Gasteiger charge is 2.04. The predicted octanol–water partition coefficient (Wildman–Crippen LogP) is 2.90. The van der Waals surface area contributed by atoms with Gasteiger partial charge in [-0.25, -0.2) is 0 Å². The molecule has 1 aliphatic heterocycles. The smallest absolute Gasteiger partial charge is 0.200 e. The Morgan fingerprint density at radius 3 is 2.56 bits per heavy atom. The fraction of sp³-hybridized carbons (Fsp3) is 0.0769. The van der Waals surface area contributed by atoms with E-state index in [4.69, 9.17) is 9.47 Å². The Morgan fingerprint density at radius 1 is 0.944 bits per heavy atom. The molecule has 0 saturated carbocycles. The molecule has 0 saturated heterocycles. The van der Waals surface area contributed by atoms with Crippen molar-refractivity contribution >= 4 is 0 Å². The summed E-state index contributed by atoms with van der Waals surface area (Å²) < 4.78 is 9.94. The average Bonchev–Trinajstić information content (AvgIpc) is 2.38. The van der Waals surface area contributed by atoms with Gasteiger partial charge >= 0.3 is 0 Å². The van der Waals surface area contributed by atoms with E-state index in [1.807, 2.05) is 0 Å². The molecule has 0 aliphatic carbocycles. The number of ether oxygens (including phenoxy) is 2. The Labute approximate surface area is 105 Å². The Balaban J connectivity index is 2.88. The van der Waals surface area contributed by atoms with Gasteiger partial charge in [0.05, 0.1) is 18.8 Å². The summed E-state index contributed by atoms with van der Waals surface area (Å²) >= 11 is 0. The first-order valence-electron chi connectivity index (χ1n) is 5.15. The van der Waals surface area contributed by atoms with Crippen LogP contribution in [0.5, 0.6) is 0 Å². The van der Waals surface area contributed by atoms with E-state index in [2.05, 4.69) is 0 Å². The molecule has 3 N–H and O–H groups in total. The molecule has 0 aromatic heterocycles. The molecule has 0 spiro atoms. The van der Waals surface area contributed by atoms with Crippen molar-refractivity contribution in [2.75, 3.05) is 6.61 Å². The average molecular weight is 250 g/mol. The number of allylic oxidation sites excluding steroid dienone is 5. The van der Waals surface area contributed by atoms with Gasteiger partial charge in [0.15, 0.2) is 17.3 Å². The van der Waals surface area contributed by atoms with Crippen LogP contribution in [-0.4, -0.2) is 21.9 Å². The molecular weight excluding hydrogens is 236 g/mol. The van der Waals surface area contributed by atoms with Crippen LogP contribution in [0.4, 0.5) is 0 Å². The van der Waals surface area contributed by atoms with Crippen LogP contribution < -0.4 is 0 Å². The SMILES string of the molecule is OC1=C/C=C\O/C=C\C=C\CO/C=C/C(O)=C1O. The van der Waals surface area contributed by atoms with Gasteiger partial charge < -0.3 is 24.8 Å². The highest BCUT2D eigenvalue weighted by Crippen LogP contribution is 2.09. The number of rotatable bonds is 0. The molecule has 5 heteroatoms. The van der Waals surface area contributed by atoms with Crippen molar-refractivity contribution < 1.29 is 24.8 Å². The van der Waals surface area contributed by atoms with Crippen molar-refractivity contribution in [3.63, 3.8) is 0 Å². The quantitative estimate of drug-likeness (QED) is 0.616. The van der Waals surface area contributed by atoms with E-state index in [0.717, 1.165) is 6.08 Å². The summed E-state index contributed by atoms with van der Waals surface area (Å²) in [6.45, 7) is 0.298. The van der Waals surface area contributed by atoms with Gasteiger partial charge in [-0.05, 0) is 24.3 Å². The zero-order chi connectivity index (χ0) is 13.2. The molecule has 18 heavy (non-hydrogen) atoms. The van der Waals surface area contributed by atoms with Crippen molar-refractivity contribution in [1.82, 2.24) is 0 Å². The van der Waals surface area contributed by atoms with Crippen LogP contribution >= 0.6 is 0 Å². The number of aliphatic hydroxyl groups excluding tert-OH is 3. The summed E-state index contributed by atoms with van der Waals surface area (Å²) in [5.41, 5.74) is 0. The molecular formula is C13H14O5. The Morgan fingerprint density at radius 2 is 1.72 bits per heavy atom. The Hall–Kier alpha value is -2.56. The second kappa shape index (κ2) is 7.67. The van der Waals surface area contributed by atoms with Gasteiger partial charge in [0, 0.05) is 6.08 Å². The topological polar surface area (TPSA) is 79.2 Å². The summed E-state index contributed by atoms with van der Waals surface area (Å²) in [7, 11) is 0. The van der Waals surface area contributed by atoms with Crippen molar-refractivity contribution in [3.8, 4) is 0 Å². The van der Waals surface area contributed by atoms with Crippen molar-refractivity contribution in [2.45, 2.75) is 0 Å².